The lowest BCUT2D eigenvalue weighted by atomic mass is 10.2. The number of aromatic nitrogens is 3. The van der Waals surface area contributed by atoms with Crippen LogP contribution in [-0.4, -0.2) is 26.4 Å². The molecule has 1 amide bonds. The molecule has 6 nitrogen and oxygen atoms in total. The van der Waals surface area contributed by atoms with E-state index in [4.69, 9.17) is 4.74 Å². The highest BCUT2D eigenvalue weighted by molar-refractivity contribution is 7.99. The molecule has 0 radical (unpaired) electrons. The van der Waals surface area contributed by atoms with Crippen LogP contribution in [0.2, 0.25) is 0 Å². The van der Waals surface area contributed by atoms with Crippen LogP contribution >= 0.6 is 11.8 Å². The number of anilines is 1. The number of nitrogens with zero attached hydrogens (tertiary/aromatic N) is 3. The molecule has 3 aromatic carbocycles. The van der Waals surface area contributed by atoms with Crippen molar-refractivity contribution in [2.45, 2.75) is 25.6 Å². The standard InChI is InChI=1S/C25H24N4O2S/c1-18-8-12-20(13-9-18)26-24(30)17-32-25-28-27-23(29(25)21-6-4-3-5-7-21)16-31-22-14-10-19(2)11-15-22/h3-15H,16-17H2,1-2H3,(H,26,30). The summed E-state index contributed by atoms with van der Waals surface area (Å²) in [7, 11) is 0. The third kappa shape index (κ3) is 5.56. The van der Waals surface area contributed by atoms with E-state index < -0.39 is 0 Å². The number of carbonyl (C=O) groups is 1. The average molecular weight is 445 g/mol. The van der Waals surface area contributed by atoms with Crippen LogP contribution in [0.25, 0.3) is 5.69 Å². The molecule has 1 heterocycles. The third-order valence-corrected chi connectivity index (χ3v) is 5.70. The predicted octanol–water partition coefficient (Wildman–Crippen LogP) is 5.19. The molecule has 0 bridgehead atoms. The van der Waals surface area contributed by atoms with Crippen LogP contribution in [0.5, 0.6) is 5.75 Å². The highest BCUT2D eigenvalue weighted by Crippen LogP contribution is 2.23. The lowest BCUT2D eigenvalue weighted by molar-refractivity contribution is -0.113. The van der Waals surface area contributed by atoms with Crippen molar-refractivity contribution < 1.29 is 9.53 Å². The second-order valence-electron chi connectivity index (χ2n) is 7.37. The van der Waals surface area contributed by atoms with E-state index in [1.807, 2.05) is 97.3 Å². The third-order valence-electron chi connectivity index (χ3n) is 4.77. The number of thioether (sulfide) groups is 1. The number of para-hydroxylation sites is 1. The Kier molecular flexibility index (Phi) is 6.87. The maximum absolute atomic E-state index is 12.4. The largest absolute Gasteiger partial charge is 0.486 e. The van der Waals surface area contributed by atoms with Crippen molar-refractivity contribution in [3.63, 3.8) is 0 Å². The van der Waals surface area contributed by atoms with Gasteiger partial charge >= 0.3 is 0 Å². The van der Waals surface area contributed by atoms with Gasteiger partial charge in [-0.25, -0.2) is 0 Å². The van der Waals surface area contributed by atoms with E-state index in [0.29, 0.717) is 11.0 Å². The molecule has 32 heavy (non-hydrogen) atoms. The summed E-state index contributed by atoms with van der Waals surface area (Å²) in [4.78, 5) is 12.4. The smallest absolute Gasteiger partial charge is 0.234 e. The van der Waals surface area contributed by atoms with Crippen molar-refractivity contribution in [2.24, 2.45) is 0 Å². The molecule has 162 valence electrons. The number of aryl methyl sites for hydroxylation is 2. The van der Waals surface area contributed by atoms with Crippen molar-refractivity contribution >= 4 is 23.4 Å². The van der Waals surface area contributed by atoms with Crippen molar-refractivity contribution in [1.82, 2.24) is 14.8 Å². The number of amides is 1. The normalized spacial score (nSPS) is 10.7. The van der Waals surface area contributed by atoms with E-state index >= 15 is 0 Å². The van der Waals surface area contributed by atoms with Gasteiger partial charge in [0.05, 0.1) is 5.75 Å². The average Bonchev–Trinajstić information content (AvgIpc) is 3.22. The summed E-state index contributed by atoms with van der Waals surface area (Å²) in [6.45, 7) is 4.31. The summed E-state index contributed by atoms with van der Waals surface area (Å²) in [5.41, 5.74) is 4.01. The minimum absolute atomic E-state index is 0.0982. The highest BCUT2D eigenvalue weighted by atomic mass is 32.2. The van der Waals surface area contributed by atoms with Crippen LogP contribution in [-0.2, 0) is 11.4 Å². The SMILES string of the molecule is Cc1ccc(NC(=O)CSc2nnc(COc3ccc(C)cc3)n2-c2ccccc2)cc1. The van der Waals surface area contributed by atoms with Gasteiger partial charge in [-0.3, -0.25) is 9.36 Å². The molecular weight excluding hydrogens is 420 g/mol. The fourth-order valence-corrected chi connectivity index (χ4v) is 3.84. The topological polar surface area (TPSA) is 69.0 Å². The van der Waals surface area contributed by atoms with Gasteiger partial charge in [-0.05, 0) is 50.2 Å². The van der Waals surface area contributed by atoms with Crippen LogP contribution in [0.3, 0.4) is 0 Å². The van der Waals surface area contributed by atoms with Gasteiger partial charge in [-0.2, -0.15) is 0 Å². The number of ether oxygens (including phenoxy) is 1. The van der Waals surface area contributed by atoms with Gasteiger partial charge in [0.2, 0.25) is 5.91 Å². The molecular formula is C25H24N4O2S. The van der Waals surface area contributed by atoms with Crippen LogP contribution in [0.1, 0.15) is 17.0 Å². The zero-order valence-corrected chi connectivity index (χ0v) is 18.8. The molecule has 0 atom stereocenters. The zero-order valence-electron chi connectivity index (χ0n) is 18.0. The number of hydrogen-bond donors (Lipinski definition) is 1. The minimum Gasteiger partial charge on any atom is -0.486 e. The molecule has 1 aromatic heterocycles. The molecule has 0 unspecified atom stereocenters. The van der Waals surface area contributed by atoms with Gasteiger partial charge < -0.3 is 10.1 Å². The van der Waals surface area contributed by atoms with Gasteiger partial charge in [0.15, 0.2) is 11.0 Å². The Labute approximate surface area is 191 Å². The second kappa shape index (κ2) is 10.2. The number of rotatable bonds is 8. The van der Waals surface area contributed by atoms with Crippen molar-refractivity contribution in [3.05, 3.63) is 95.8 Å². The Morgan fingerprint density at radius 1 is 0.906 bits per heavy atom. The molecule has 1 N–H and O–H groups in total. The van der Waals surface area contributed by atoms with Crippen LogP contribution < -0.4 is 10.1 Å². The summed E-state index contributed by atoms with van der Waals surface area (Å²) in [6, 6.07) is 25.4. The number of benzene rings is 3. The number of nitrogens with one attached hydrogen (secondary N) is 1. The Bertz CT molecular complexity index is 1170. The van der Waals surface area contributed by atoms with Crippen LogP contribution in [0, 0.1) is 13.8 Å². The molecule has 4 rings (SSSR count). The lowest BCUT2D eigenvalue weighted by Crippen LogP contribution is -2.14. The summed E-state index contributed by atoms with van der Waals surface area (Å²) < 4.78 is 7.85. The van der Waals surface area contributed by atoms with Crippen molar-refractivity contribution in [1.29, 1.82) is 0 Å². The molecule has 0 aliphatic heterocycles. The van der Waals surface area contributed by atoms with E-state index in [0.717, 1.165) is 22.7 Å². The fraction of sp³-hybridized carbons (Fsp3) is 0.160. The van der Waals surface area contributed by atoms with E-state index in [1.165, 1.54) is 17.3 Å². The highest BCUT2D eigenvalue weighted by Gasteiger charge is 2.16. The Hall–Kier alpha value is -3.58. The Morgan fingerprint density at radius 3 is 2.25 bits per heavy atom. The first kappa shape index (κ1) is 21.6. The van der Waals surface area contributed by atoms with Crippen molar-refractivity contribution in [2.75, 3.05) is 11.1 Å². The molecule has 0 saturated carbocycles. The lowest BCUT2D eigenvalue weighted by Gasteiger charge is -2.11. The van der Waals surface area contributed by atoms with Crippen molar-refractivity contribution in [3.8, 4) is 11.4 Å². The van der Waals surface area contributed by atoms with E-state index in [-0.39, 0.29) is 18.3 Å². The van der Waals surface area contributed by atoms with Gasteiger partial charge in [0.1, 0.15) is 12.4 Å². The van der Waals surface area contributed by atoms with Gasteiger partial charge in [0, 0.05) is 11.4 Å². The second-order valence-corrected chi connectivity index (χ2v) is 8.32. The van der Waals surface area contributed by atoms with Gasteiger partial charge in [0.25, 0.3) is 0 Å². The molecule has 0 spiro atoms. The van der Waals surface area contributed by atoms with E-state index in [2.05, 4.69) is 15.5 Å². The summed E-state index contributed by atoms with van der Waals surface area (Å²) in [5, 5.41) is 12.2. The maximum Gasteiger partial charge on any atom is 0.234 e. The molecule has 0 aliphatic rings. The van der Waals surface area contributed by atoms with E-state index in [9.17, 15) is 4.79 Å². The Morgan fingerprint density at radius 2 is 1.56 bits per heavy atom. The van der Waals surface area contributed by atoms with E-state index in [1.54, 1.807) is 0 Å². The predicted molar refractivity (Wildman–Crippen MR) is 127 cm³/mol. The maximum atomic E-state index is 12.4. The molecule has 4 aromatic rings. The summed E-state index contributed by atoms with van der Waals surface area (Å²) >= 11 is 1.34. The quantitative estimate of drug-likeness (QED) is 0.379. The minimum atomic E-state index is -0.0982. The molecule has 0 aliphatic carbocycles. The van der Waals surface area contributed by atoms with Gasteiger partial charge in [-0.1, -0.05) is 65.4 Å². The number of hydrogen-bond acceptors (Lipinski definition) is 5. The van der Waals surface area contributed by atoms with Gasteiger partial charge in [-0.15, -0.1) is 10.2 Å². The fourth-order valence-electron chi connectivity index (χ4n) is 3.07. The molecule has 7 heteroatoms. The first-order valence-corrected chi connectivity index (χ1v) is 11.3. The zero-order chi connectivity index (χ0) is 22.3. The van der Waals surface area contributed by atoms with Crippen LogP contribution in [0.15, 0.2) is 84.0 Å². The summed E-state index contributed by atoms with van der Waals surface area (Å²) in [6.07, 6.45) is 0. The molecule has 0 fully saturated rings. The van der Waals surface area contributed by atoms with Crippen LogP contribution in [0.4, 0.5) is 5.69 Å². The Balaban J connectivity index is 1.48. The first-order chi connectivity index (χ1) is 15.6. The monoisotopic (exact) mass is 444 g/mol. The first-order valence-electron chi connectivity index (χ1n) is 10.3. The molecule has 0 saturated heterocycles. The summed E-state index contributed by atoms with van der Waals surface area (Å²) in [5.74, 6) is 1.56. The number of carbonyl (C=O) groups excluding carboxylic acids is 1.